The third-order valence-electron chi connectivity index (χ3n) is 5.20. The van der Waals surface area contributed by atoms with Crippen LogP contribution in [0.4, 0.5) is 5.69 Å². The maximum absolute atomic E-state index is 13.4. The number of nitrogens with zero attached hydrogens (tertiary/aromatic N) is 2. The highest BCUT2D eigenvalue weighted by molar-refractivity contribution is 7.92. The third kappa shape index (κ3) is 7.91. The summed E-state index contributed by atoms with van der Waals surface area (Å²) in [4.78, 5) is 27.6. The number of anilines is 1. The first-order valence-electron chi connectivity index (χ1n) is 10.5. The van der Waals surface area contributed by atoms with Gasteiger partial charge in [0.15, 0.2) is 0 Å². The predicted molar refractivity (Wildman–Crippen MR) is 133 cm³/mol. The molecule has 0 unspecified atom stereocenters. The standard InChI is InChI=1S/C23H29Cl2N3O4S/c1-5-16(2)26-23(30)17(3)27(14-18-7-6-8-20(25)13-18)22(29)15-28(33(4,31)32)21-11-9-19(24)10-12-21/h6-13,16-17H,5,14-15H2,1-4H3,(H,26,30)/t16-,17+/m0/s1. The van der Waals surface area contributed by atoms with E-state index in [-0.39, 0.29) is 18.5 Å². The highest BCUT2D eigenvalue weighted by atomic mass is 35.5. The van der Waals surface area contributed by atoms with Gasteiger partial charge in [0, 0.05) is 22.6 Å². The van der Waals surface area contributed by atoms with Crippen LogP contribution in [0, 0.1) is 0 Å². The average Bonchev–Trinajstić information content (AvgIpc) is 2.75. The lowest BCUT2D eigenvalue weighted by atomic mass is 10.1. The Morgan fingerprint density at radius 3 is 2.21 bits per heavy atom. The minimum absolute atomic E-state index is 0.0651. The van der Waals surface area contributed by atoms with Gasteiger partial charge in [0.1, 0.15) is 12.6 Å². The summed E-state index contributed by atoms with van der Waals surface area (Å²) < 4.78 is 26.0. The van der Waals surface area contributed by atoms with Crippen LogP contribution in [0.15, 0.2) is 48.5 Å². The van der Waals surface area contributed by atoms with Gasteiger partial charge >= 0.3 is 0 Å². The number of hydrogen-bond donors (Lipinski definition) is 1. The topological polar surface area (TPSA) is 86.8 Å². The molecule has 0 fully saturated rings. The van der Waals surface area contributed by atoms with E-state index in [2.05, 4.69) is 5.32 Å². The second-order valence-electron chi connectivity index (χ2n) is 7.89. The largest absolute Gasteiger partial charge is 0.352 e. The Balaban J connectivity index is 2.37. The number of halogens is 2. The molecule has 0 aliphatic carbocycles. The fraction of sp³-hybridized carbons (Fsp3) is 0.391. The van der Waals surface area contributed by atoms with Gasteiger partial charge in [-0.2, -0.15) is 0 Å². The van der Waals surface area contributed by atoms with E-state index in [1.165, 1.54) is 17.0 Å². The van der Waals surface area contributed by atoms with E-state index < -0.39 is 28.5 Å². The highest BCUT2D eigenvalue weighted by Gasteiger charge is 2.30. The minimum Gasteiger partial charge on any atom is -0.352 e. The Morgan fingerprint density at radius 1 is 1.03 bits per heavy atom. The zero-order valence-electron chi connectivity index (χ0n) is 19.1. The summed E-state index contributed by atoms with van der Waals surface area (Å²) in [5.74, 6) is -0.848. The van der Waals surface area contributed by atoms with Crippen molar-refractivity contribution in [2.24, 2.45) is 0 Å². The highest BCUT2D eigenvalue weighted by Crippen LogP contribution is 2.22. The monoisotopic (exact) mass is 513 g/mol. The second kappa shape index (κ2) is 11.7. The van der Waals surface area contributed by atoms with Gasteiger partial charge < -0.3 is 10.2 Å². The molecule has 2 amide bonds. The van der Waals surface area contributed by atoms with Gasteiger partial charge in [0.25, 0.3) is 0 Å². The van der Waals surface area contributed by atoms with Crippen molar-refractivity contribution in [2.75, 3.05) is 17.1 Å². The minimum atomic E-state index is -3.79. The summed E-state index contributed by atoms with van der Waals surface area (Å²) in [6.45, 7) is 5.06. The quantitative estimate of drug-likeness (QED) is 0.518. The molecule has 2 aromatic carbocycles. The third-order valence-corrected chi connectivity index (χ3v) is 6.83. The lowest BCUT2D eigenvalue weighted by Gasteiger charge is -2.32. The maximum atomic E-state index is 13.4. The number of rotatable bonds is 10. The number of sulfonamides is 1. The van der Waals surface area contributed by atoms with Crippen LogP contribution in [0.5, 0.6) is 0 Å². The van der Waals surface area contributed by atoms with Crippen LogP contribution in [-0.4, -0.2) is 50.0 Å². The van der Waals surface area contributed by atoms with Gasteiger partial charge in [-0.05, 0) is 62.2 Å². The van der Waals surface area contributed by atoms with E-state index in [4.69, 9.17) is 23.2 Å². The second-order valence-corrected chi connectivity index (χ2v) is 10.7. The molecule has 0 radical (unpaired) electrons. The van der Waals surface area contributed by atoms with Crippen molar-refractivity contribution < 1.29 is 18.0 Å². The van der Waals surface area contributed by atoms with Crippen LogP contribution in [0.25, 0.3) is 0 Å². The fourth-order valence-corrected chi connectivity index (χ4v) is 4.29. The van der Waals surface area contributed by atoms with E-state index in [1.54, 1.807) is 43.3 Å². The Kier molecular flexibility index (Phi) is 9.57. The molecular weight excluding hydrogens is 485 g/mol. The van der Waals surface area contributed by atoms with Gasteiger partial charge in [0.05, 0.1) is 11.9 Å². The first-order valence-corrected chi connectivity index (χ1v) is 13.1. The lowest BCUT2D eigenvalue weighted by Crippen LogP contribution is -2.52. The molecule has 0 heterocycles. The van der Waals surface area contributed by atoms with E-state index in [0.717, 1.165) is 22.5 Å². The Hall–Kier alpha value is -2.29. The molecule has 180 valence electrons. The zero-order chi connectivity index (χ0) is 24.8. The molecule has 10 heteroatoms. The summed E-state index contributed by atoms with van der Waals surface area (Å²) in [5.41, 5.74) is 1.02. The first kappa shape index (κ1) is 27.0. The molecule has 33 heavy (non-hydrogen) atoms. The van der Waals surface area contributed by atoms with Crippen LogP contribution in [0.2, 0.25) is 10.0 Å². The van der Waals surface area contributed by atoms with Gasteiger partial charge in [-0.15, -0.1) is 0 Å². The van der Waals surface area contributed by atoms with E-state index in [0.29, 0.717) is 15.7 Å². The fourth-order valence-electron chi connectivity index (χ4n) is 3.10. The van der Waals surface area contributed by atoms with E-state index in [1.807, 2.05) is 13.8 Å². The van der Waals surface area contributed by atoms with Crippen molar-refractivity contribution in [3.8, 4) is 0 Å². The van der Waals surface area contributed by atoms with Gasteiger partial charge in [-0.1, -0.05) is 42.3 Å². The van der Waals surface area contributed by atoms with Crippen molar-refractivity contribution in [1.29, 1.82) is 0 Å². The number of amides is 2. The SMILES string of the molecule is CC[C@H](C)NC(=O)[C@@H](C)N(Cc1cccc(Cl)c1)C(=O)CN(c1ccc(Cl)cc1)S(C)(=O)=O. The Bertz CT molecular complexity index is 1080. The number of nitrogens with one attached hydrogen (secondary N) is 1. The van der Waals surface area contributed by atoms with Crippen LogP contribution >= 0.6 is 23.2 Å². The zero-order valence-corrected chi connectivity index (χ0v) is 21.4. The summed E-state index contributed by atoms with van der Waals surface area (Å²) in [7, 11) is -3.79. The Morgan fingerprint density at radius 2 is 1.67 bits per heavy atom. The number of carbonyl (C=O) groups is 2. The van der Waals surface area contributed by atoms with Crippen LogP contribution in [0.3, 0.4) is 0 Å². The normalized spacial score (nSPS) is 13.2. The van der Waals surface area contributed by atoms with Gasteiger partial charge in [-0.3, -0.25) is 13.9 Å². The van der Waals surface area contributed by atoms with Crippen LogP contribution in [-0.2, 0) is 26.2 Å². The molecule has 0 aliphatic rings. The molecule has 2 atom stereocenters. The molecule has 0 saturated heterocycles. The molecule has 2 aromatic rings. The average molecular weight is 514 g/mol. The van der Waals surface area contributed by atoms with Crippen molar-refractivity contribution in [1.82, 2.24) is 10.2 Å². The number of hydrogen-bond acceptors (Lipinski definition) is 4. The number of carbonyl (C=O) groups excluding carboxylic acids is 2. The van der Waals surface area contributed by atoms with Gasteiger partial charge in [0.2, 0.25) is 21.8 Å². The predicted octanol–water partition coefficient (Wildman–Crippen LogP) is 4.09. The summed E-state index contributed by atoms with van der Waals surface area (Å²) >= 11 is 12.0. The Labute approximate surface area is 205 Å². The summed E-state index contributed by atoms with van der Waals surface area (Å²) in [5, 5.41) is 3.81. The van der Waals surface area contributed by atoms with E-state index >= 15 is 0 Å². The molecular formula is C23H29Cl2N3O4S. The van der Waals surface area contributed by atoms with Crippen molar-refractivity contribution in [3.63, 3.8) is 0 Å². The molecule has 0 aromatic heterocycles. The number of benzene rings is 2. The smallest absolute Gasteiger partial charge is 0.244 e. The molecule has 0 spiro atoms. The first-order chi connectivity index (χ1) is 15.4. The molecule has 0 saturated carbocycles. The van der Waals surface area contributed by atoms with Crippen LogP contribution in [0.1, 0.15) is 32.8 Å². The molecule has 2 rings (SSSR count). The maximum Gasteiger partial charge on any atom is 0.244 e. The summed E-state index contributed by atoms with van der Waals surface area (Å²) in [6.07, 6.45) is 1.76. The van der Waals surface area contributed by atoms with Gasteiger partial charge in [-0.25, -0.2) is 8.42 Å². The van der Waals surface area contributed by atoms with E-state index in [9.17, 15) is 18.0 Å². The summed E-state index contributed by atoms with van der Waals surface area (Å²) in [6, 6.07) is 12.2. The molecule has 7 nitrogen and oxygen atoms in total. The van der Waals surface area contributed by atoms with Crippen molar-refractivity contribution in [2.45, 2.75) is 45.8 Å². The van der Waals surface area contributed by atoms with Crippen molar-refractivity contribution in [3.05, 3.63) is 64.1 Å². The van der Waals surface area contributed by atoms with Crippen LogP contribution < -0.4 is 9.62 Å². The molecule has 1 N–H and O–H groups in total. The molecule has 0 bridgehead atoms. The lowest BCUT2D eigenvalue weighted by molar-refractivity contribution is -0.139. The van der Waals surface area contributed by atoms with Crippen molar-refractivity contribution >= 4 is 50.7 Å². The molecule has 0 aliphatic heterocycles.